The first-order chi connectivity index (χ1) is 5.25. The van der Waals surface area contributed by atoms with Gasteiger partial charge in [0.2, 0.25) is 0 Å². The Hall–Kier alpha value is -1.12. The van der Waals surface area contributed by atoms with Crippen molar-refractivity contribution < 1.29 is 0 Å². The minimum atomic E-state index is 0.836. The van der Waals surface area contributed by atoms with Crippen molar-refractivity contribution in [3.63, 3.8) is 0 Å². The molecule has 0 spiro atoms. The lowest BCUT2D eigenvalue weighted by Crippen LogP contribution is -1.93. The Kier molecular flexibility index (Phi) is 2.41. The zero-order chi connectivity index (χ0) is 8.27. The first-order valence-corrected chi connectivity index (χ1v) is 3.63. The van der Waals surface area contributed by atoms with Crippen molar-refractivity contribution in [2.75, 3.05) is 7.05 Å². The standard InChI is InChI=1S/C8H13N3/c1-7-8(4-5-9-2)10-6-11(7)3/h5-6H,4H2,1-3H3. The van der Waals surface area contributed by atoms with Crippen LogP contribution in [0.3, 0.4) is 0 Å². The van der Waals surface area contributed by atoms with Gasteiger partial charge in [-0.05, 0) is 6.92 Å². The number of hydrogen-bond donors (Lipinski definition) is 0. The largest absolute Gasteiger partial charge is 0.338 e. The summed E-state index contributed by atoms with van der Waals surface area (Å²) in [5.74, 6) is 0. The van der Waals surface area contributed by atoms with Gasteiger partial charge in [-0.15, -0.1) is 0 Å². The van der Waals surface area contributed by atoms with Gasteiger partial charge in [-0.3, -0.25) is 0 Å². The summed E-state index contributed by atoms with van der Waals surface area (Å²) in [5, 5.41) is 0. The van der Waals surface area contributed by atoms with E-state index in [4.69, 9.17) is 0 Å². The molecule has 1 heterocycles. The summed E-state index contributed by atoms with van der Waals surface area (Å²) in [7, 11) is 3.77. The zero-order valence-corrected chi connectivity index (χ0v) is 7.20. The van der Waals surface area contributed by atoms with Gasteiger partial charge in [-0.1, -0.05) is 0 Å². The topological polar surface area (TPSA) is 30.2 Å². The maximum atomic E-state index is 4.22. The molecule has 11 heavy (non-hydrogen) atoms. The lowest BCUT2D eigenvalue weighted by Gasteiger charge is -1.94. The lowest BCUT2D eigenvalue weighted by molar-refractivity contribution is 0.870. The molecule has 1 rings (SSSR count). The number of imidazole rings is 1. The van der Waals surface area contributed by atoms with Gasteiger partial charge in [0.15, 0.2) is 0 Å². The van der Waals surface area contributed by atoms with Crippen LogP contribution in [0.4, 0.5) is 0 Å². The predicted molar refractivity (Wildman–Crippen MR) is 46.1 cm³/mol. The van der Waals surface area contributed by atoms with E-state index in [9.17, 15) is 0 Å². The van der Waals surface area contributed by atoms with Crippen molar-refractivity contribution >= 4 is 6.21 Å². The maximum Gasteiger partial charge on any atom is 0.0949 e. The molecule has 0 aromatic carbocycles. The van der Waals surface area contributed by atoms with E-state index in [1.807, 2.05) is 24.2 Å². The molecule has 0 radical (unpaired) electrons. The van der Waals surface area contributed by atoms with Crippen molar-refractivity contribution in [3.8, 4) is 0 Å². The van der Waals surface area contributed by atoms with Crippen molar-refractivity contribution in [3.05, 3.63) is 17.7 Å². The van der Waals surface area contributed by atoms with Crippen LogP contribution in [0.2, 0.25) is 0 Å². The van der Waals surface area contributed by atoms with Gasteiger partial charge in [-0.25, -0.2) is 4.98 Å². The molecule has 0 saturated heterocycles. The van der Waals surface area contributed by atoms with Gasteiger partial charge in [0.05, 0.1) is 12.0 Å². The van der Waals surface area contributed by atoms with Crippen LogP contribution in [0, 0.1) is 6.92 Å². The fourth-order valence-corrected chi connectivity index (χ4v) is 0.918. The van der Waals surface area contributed by atoms with E-state index in [1.165, 1.54) is 5.69 Å². The molecule has 0 aliphatic heterocycles. The second-order valence-corrected chi connectivity index (χ2v) is 2.53. The molecule has 0 unspecified atom stereocenters. The number of rotatable bonds is 2. The number of hydrogen-bond acceptors (Lipinski definition) is 2. The van der Waals surface area contributed by atoms with Gasteiger partial charge >= 0.3 is 0 Å². The van der Waals surface area contributed by atoms with Crippen molar-refractivity contribution in [2.45, 2.75) is 13.3 Å². The summed E-state index contributed by atoms with van der Waals surface area (Å²) in [6, 6.07) is 0. The third-order valence-electron chi connectivity index (χ3n) is 1.80. The Morgan fingerprint density at radius 3 is 2.91 bits per heavy atom. The second kappa shape index (κ2) is 3.32. The Morgan fingerprint density at radius 1 is 1.73 bits per heavy atom. The Labute approximate surface area is 66.8 Å². The van der Waals surface area contributed by atoms with E-state index in [0.717, 1.165) is 12.1 Å². The quantitative estimate of drug-likeness (QED) is 0.579. The van der Waals surface area contributed by atoms with E-state index in [0.29, 0.717) is 0 Å². The molecular weight excluding hydrogens is 138 g/mol. The smallest absolute Gasteiger partial charge is 0.0949 e. The minimum absolute atomic E-state index is 0.836. The third-order valence-corrected chi connectivity index (χ3v) is 1.80. The van der Waals surface area contributed by atoms with Crippen LogP contribution in [0.1, 0.15) is 11.4 Å². The molecule has 60 valence electrons. The molecule has 1 aromatic rings. The highest BCUT2D eigenvalue weighted by atomic mass is 15.0. The molecule has 0 atom stereocenters. The van der Waals surface area contributed by atoms with Gasteiger partial charge in [0, 0.05) is 32.4 Å². The number of aromatic nitrogens is 2. The van der Waals surface area contributed by atoms with Gasteiger partial charge in [-0.2, -0.15) is 0 Å². The molecule has 0 saturated carbocycles. The van der Waals surface area contributed by atoms with Gasteiger partial charge in [0.1, 0.15) is 0 Å². The summed E-state index contributed by atoms with van der Waals surface area (Å²) in [4.78, 5) is 8.13. The van der Waals surface area contributed by atoms with E-state index >= 15 is 0 Å². The summed E-state index contributed by atoms with van der Waals surface area (Å²) < 4.78 is 2.01. The summed E-state index contributed by atoms with van der Waals surface area (Å²) in [6.45, 7) is 2.06. The van der Waals surface area contributed by atoms with E-state index < -0.39 is 0 Å². The Balaban J connectivity index is 2.78. The summed E-state index contributed by atoms with van der Waals surface area (Å²) in [5.41, 5.74) is 2.32. The average molecular weight is 151 g/mol. The molecule has 0 amide bonds. The van der Waals surface area contributed by atoms with E-state index in [-0.39, 0.29) is 0 Å². The number of aliphatic imine (C=N–C) groups is 1. The van der Waals surface area contributed by atoms with Crippen LogP contribution in [-0.4, -0.2) is 22.8 Å². The summed E-state index contributed by atoms with van der Waals surface area (Å²) in [6.07, 6.45) is 4.53. The van der Waals surface area contributed by atoms with Crippen LogP contribution in [0.15, 0.2) is 11.3 Å². The lowest BCUT2D eigenvalue weighted by atomic mass is 10.3. The van der Waals surface area contributed by atoms with Crippen LogP contribution < -0.4 is 0 Å². The number of nitrogens with zero attached hydrogens (tertiary/aromatic N) is 3. The molecule has 3 nitrogen and oxygen atoms in total. The first-order valence-electron chi connectivity index (χ1n) is 3.63. The van der Waals surface area contributed by atoms with E-state index in [2.05, 4.69) is 16.9 Å². The average Bonchev–Trinajstić information content (AvgIpc) is 2.31. The van der Waals surface area contributed by atoms with Crippen LogP contribution in [0.5, 0.6) is 0 Å². The van der Waals surface area contributed by atoms with Crippen LogP contribution >= 0.6 is 0 Å². The van der Waals surface area contributed by atoms with E-state index in [1.54, 1.807) is 7.05 Å². The highest BCUT2D eigenvalue weighted by Gasteiger charge is 2.00. The highest BCUT2D eigenvalue weighted by molar-refractivity contribution is 5.60. The highest BCUT2D eigenvalue weighted by Crippen LogP contribution is 2.02. The van der Waals surface area contributed by atoms with Gasteiger partial charge < -0.3 is 9.56 Å². The third kappa shape index (κ3) is 1.67. The Morgan fingerprint density at radius 2 is 2.45 bits per heavy atom. The molecule has 3 heteroatoms. The van der Waals surface area contributed by atoms with Crippen LogP contribution in [0.25, 0.3) is 0 Å². The van der Waals surface area contributed by atoms with Gasteiger partial charge in [0.25, 0.3) is 0 Å². The van der Waals surface area contributed by atoms with Crippen molar-refractivity contribution in [1.82, 2.24) is 9.55 Å². The van der Waals surface area contributed by atoms with Crippen molar-refractivity contribution in [2.24, 2.45) is 12.0 Å². The van der Waals surface area contributed by atoms with Crippen LogP contribution in [-0.2, 0) is 13.5 Å². The fraction of sp³-hybridized carbons (Fsp3) is 0.500. The molecule has 0 aliphatic carbocycles. The zero-order valence-electron chi connectivity index (χ0n) is 7.20. The SMILES string of the molecule is CN=CCc1ncn(C)c1C. The predicted octanol–water partition coefficient (Wildman–Crippen LogP) is 0.972. The monoisotopic (exact) mass is 151 g/mol. The second-order valence-electron chi connectivity index (χ2n) is 2.53. The molecule has 0 N–H and O–H groups in total. The first kappa shape index (κ1) is 7.98. The minimum Gasteiger partial charge on any atom is -0.338 e. The molecular formula is C8H13N3. The summed E-state index contributed by atoms with van der Waals surface area (Å²) >= 11 is 0. The maximum absolute atomic E-state index is 4.22. The molecule has 0 bridgehead atoms. The molecule has 0 fully saturated rings. The Bertz CT molecular complexity index is 260. The molecule has 1 aromatic heterocycles. The normalized spacial score (nSPS) is 11.2. The number of aryl methyl sites for hydroxylation is 1. The fourth-order valence-electron chi connectivity index (χ4n) is 0.918. The van der Waals surface area contributed by atoms with Crippen molar-refractivity contribution in [1.29, 1.82) is 0 Å². The molecule has 0 aliphatic rings.